The van der Waals surface area contributed by atoms with Crippen molar-refractivity contribution in [2.24, 2.45) is 0 Å². The molecule has 0 saturated carbocycles. The average Bonchev–Trinajstić information content (AvgIpc) is 2.56. The van der Waals surface area contributed by atoms with Crippen LogP contribution in [0, 0.1) is 6.92 Å². The van der Waals surface area contributed by atoms with E-state index in [1.165, 1.54) is 18.4 Å². The Morgan fingerprint density at radius 2 is 1.91 bits per heavy atom. The van der Waals surface area contributed by atoms with Gasteiger partial charge in [0.2, 0.25) is 12.3 Å². The summed E-state index contributed by atoms with van der Waals surface area (Å²) in [5.74, 6) is 0.450. The molecule has 0 saturated heterocycles. The summed E-state index contributed by atoms with van der Waals surface area (Å²) in [5, 5.41) is 5.61. The largest absolute Gasteiger partial charge is 0.480 e. The number of ether oxygens (including phenoxy) is 1. The van der Waals surface area contributed by atoms with Crippen molar-refractivity contribution in [2.45, 2.75) is 20.3 Å². The second-order valence-corrected chi connectivity index (χ2v) is 4.54. The monoisotopic (exact) mass is 301 g/mol. The van der Waals surface area contributed by atoms with Gasteiger partial charge in [-0.05, 0) is 37.1 Å². The molecular weight excluding hydrogens is 278 g/mol. The van der Waals surface area contributed by atoms with E-state index in [1.54, 1.807) is 6.07 Å². The zero-order valence-corrected chi connectivity index (χ0v) is 13.5. The molecule has 2 aromatic rings. The molecule has 5 heteroatoms. The molecule has 118 valence electrons. The molecule has 2 rings (SSSR count). The van der Waals surface area contributed by atoms with E-state index in [0.29, 0.717) is 18.0 Å². The van der Waals surface area contributed by atoms with Crippen LogP contribution in [0.1, 0.15) is 18.2 Å². The summed E-state index contributed by atoms with van der Waals surface area (Å²) in [6.07, 6.45) is 1.45. The Morgan fingerprint density at radius 1 is 1.18 bits per heavy atom. The standard InChI is InChI=1S/C9H12N2O2.C8H11N/c1-3-7-4-5-8(10-6-12)9(11-7)13-2;1-7-5-3-4-6-8(7)9-2/h4-6H,3H2,1-2H3,(H,10,12);3-6,9H,1-2H3. The number of hydrogen-bond donors (Lipinski definition) is 2. The highest BCUT2D eigenvalue weighted by atomic mass is 16.5. The van der Waals surface area contributed by atoms with Crippen LogP contribution < -0.4 is 15.4 Å². The predicted octanol–water partition coefficient (Wildman–Crippen LogP) is 3.26. The summed E-state index contributed by atoms with van der Waals surface area (Å²) in [5.41, 5.74) is 4.03. The molecule has 0 aliphatic carbocycles. The number of anilines is 2. The molecule has 1 heterocycles. The minimum atomic E-state index is 0.450. The van der Waals surface area contributed by atoms with Crippen LogP contribution in [-0.2, 0) is 11.2 Å². The van der Waals surface area contributed by atoms with Crippen molar-refractivity contribution >= 4 is 17.8 Å². The molecule has 0 aliphatic rings. The molecule has 0 radical (unpaired) electrons. The van der Waals surface area contributed by atoms with E-state index in [2.05, 4.69) is 34.7 Å². The number of methoxy groups -OCH3 is 1. The fourth-order valence-corrected chi connectivity index (χ4v) is 1.86. The lowest BCUT2D eigenvalue weighted by atomic mass is 10.2. The quantitative estimate of drug-likeness (QED) is 0.832. The van der Waals surface area contributed by atoms with E-state index in [1.807, 2.05) is 32.2 Å². The summed E-state index contributed by atoms with van der Waals surface area (Å²) in [4.78, 5) is 14.4. The van der Waals surface area contributed by atoms with Crippen molar-refractivity contribution in [3.05, 3.63) is 47.7 Å². The molecule has 1 aromatic heterocycles. The second kappa shape index (κ2) is 9.39. The first-order chi connectivity index (χ1) is 10.7. The molecule has 0 unspecified atom stereocenters. The molecule has 0 fully saturated rings. The number of amides is 1. The highest BCUT2D eigenvalue weighted by molar-refractivity contribution is 5.74. The van der Waals surface area contributed by atoms with Gasteiger partial charge in [-0.2, -0.15) is 0 Å². The molecule has 0 aliphatic heterocycles. The molecule has 0 bridgehead atoms. The van der Waals surface area contributed by atoms with Gasteiger partial charge in [-0.3, -0.25) is 4.79 Å². The average molecular weight is 301 g/mol. The smallest absolute Gasteiger partial charge is 0.237 e. The van der Waals surface area contributed by atoms with Gasteiger partial charge in [0.1, 0.15) is 5.69 Å². The fourth-order valence-electron chi connectivity index (χ4n) is 1.86. The first-order valence-corrected chi connectivity index (χ1v) is 7.13. The summed E-state index contributed by atoms with van der Waals surface area (Å²) >= 11 is 0. The number of rotatable bonds is 5. The first kappa shape index (κ1) is 17.5. The van der Waals surface area contributed by atoms with Crippen LogP contribution in [0.2, 0.25) is 0 Å². The van der Waals surface area contributed by atoms with Crippen LogP contribution in [0.15, 0.2) is 36.4 Å². The van der Waals surface area contributed by atoms with E-state index < -0.39 is 0 Å². The number of pyridine rings is 1. The third-order valence-corrected chi connectivity index (χ3v) is 3.10. The molecule has 22 heavy (non-hydrogen) atoms. The maximum absolute atomic E-state index is 10.2. The minimum Gasteiger partial charge on any atom is -0.480 e. The number of benzene rings is 1. The number of hydrogen-bond acceptors (Lipinski definition) is 4. The number of carbonyl (C=O) groups is 1. The van der Waals surface area contributed by atoms with Gasteiger partial charge < -0.3 is 15.4 Å². The van der Waals surface area contributed by atoms with Gasteiger partial charge in [0.25, 0.3) is 0 Å². The van der Waals surface area contributed by atoms with Crippen LogP contribution in [0.3, 0.4) is 0 Å². The van der Waals surface area contributed by atoms with Crippen molar-refractivity contribution < 1.29 is 9.53 Å². The lowest BCUT2D eigenvalue weighted by Crippen LogP contribution is -2.00. The summed E-state index contributed by atoms with van der Waals surface area (Å²) in [6, 6.07) is 11.9. The van der Waals surface area contributed by atoms with Crippen LogP contribution in [0.5, 0.6) is 5.88 Å². The minimum absolute atomic E-state index is 0.450. The lowest BCUT2D eigenvalue weighted by Gasteiger charge is -2.06. The van der Waals surface area contributed by atoms with E-state index >= 15 is 0 Å². The topological polar surface area (TPSA) is 63.2 Å². The van der Waals surface area contributed by atoms with Gasteiger partial charge in [-0.15, -0.1) is 0 Å². The summed E-state index contributed by atoms with van der Waals surface area (Å²) in [7, 11) is 3.46. The van der Waals surface area contributed by atoms with Crippen LogP contribution in [0.4, 0.5) is 11.4 Å². The number of nitrogens with one attached hydrogen (secondary N) is 2. The summed E-state index contributed by atoms with van der Waals surface area (Å²) < 4.78 is 5.01. The highest BCUT2D eigenvalue weighted by Crippen LogP contribution is 2.20. The number of aryl methyl sites for hydroxylation is 2. The molecule has 1 amide bonds. The van der Waals surface area contributed by atoms with Gasteiger partial charge in [0, 0.05) is 18.4 Å². The summed E-state index contributed by atoms with van der Waals surface area (Å²) in [6.45, 7) is 4.10. The molecule has 2 N–H and O–H groups in total. The maximum Gasteiger partial charge on any atom is 0.237 e. The van der Waals surface area contributed by atoms with Gasteiger partial charge >= 0.3 is 0 Å². The lowest BCUT2D eigenvalue weighted by molar-refractivity contribution is -0.105. The van der Waals surface area contributed by atoms with Crippen molar-refractivity contribution in [1.29, 1.82) is 0 Å². The zero-order valence-electron chi connectivity index (χ0n) is 13.5. The van der Waals surface area contributed by atoms with Crippen LogP contribution in [-0.4, -0.2) is 25.6 Å². The van der Waals surface area contributed by atoms with E-state index in [-0.39, 0.29) is 0 Å². The second-order valence-electron chi connectivity index (χ2n) is 4.54. The predicted molar refractivity (Wildman–Crippen MR) is 90.6 cm³/mol. The van der Waals surface area contributed by atoms with Crippen molar-refractivity contribution in [1.82, 2.24) is 4.98 Å². The molecule has 1 aromatic carbocycles. The van der Waals surface area contributed by atoms with E-state index in [4.69, 9.17) is 4.74 Å². The van der Waals surface area contributed by atoms with Crippen molar-refractivity contribution in [3.8, 4) is 5.88 Å². The Kier molecular flexibility index (Phi) is 7.47. The van der Waals surface area contributed by atoms with Gasteiger partial charge in [-0.1, -0.05) is 25.1 Å². The number of para-hydroxylation sites is 1. The van der Waals surface area contributed by atoms with Crippen molar-refractivity contribution in [3.63, 3.8) is 0 Å². The Labute approximate surface area is 131 Å². The van der Waals surface area contributed by atoms with Crippen LogP contribution >= 0.6 is 0 Å². The number of carbonyl (C=O) groups excluding carboxylic acids is 1. The normalized spacial score (nSPS) is 9.27. The highest BCUT2D eigenvalue weighted by Gasteiger charge is 2.03. The number of aromatic nitrogens is 1. The van der Waals surface area contributed by atoms with Gasteiger partial charge in [0.15, 0.2) is 0 Å². The Balaban J connectivity index is 0.000000235. The van der Waals surface area contributed by atoms with Gasteiger partial charge in [-0.25, -0.2) is 4.98 Å². The van der Waals surface area contributed by atoms with Gasteiger partial charge in [0.05, 0.1) is 7.11 Å². The van der Waals surface area contributed by atoms with Crippen molar-refractivity contribution in [2.75, 3.05) is 24.8 Å². The zero-order chi connectivity index (χ0) is 16.4. The fraction of sp³-hybridized carbons (Fsp3) is 0.294. The number of nitrogens with zero attached hydrogens (tertiary/aromatic N) is 1. The van der Waals surface area contributed by atoms with Crippen LogP contribution in [0.25, 0.3) is 0 Å². The van der Waals surface area contributed by atoms with E-state index in [9.17, 15) is 4.79 Å². The first-order valence-electron chi connectivity index (χ1n) is 7.13. The Bertz CT molecular complexity index is 600. The SMILES string of the molecule is CCc1ccc(NC=O)c(OC)n1.CNc1ccccc1C. The molecule has 0 spiro atoms. The molecular formula is C17H23N3O2. The Hall–Kier alpha value is -2.56. The van der Waals surface area contributed by atoms with E-state index in [0.717, 1.165) is 12.1 Å². The Morgan fingerprint density at radius 3 is 2.41 bits per heavy atom. The molecule has 0 atom stereocenters. The maximum atomic E-state index is 10.2. The third-order valence-electron chi connectivity index (χ3n) is 3.10. The third kappa shape index (κ3) is 5.09. The molecule has 5 nitrogen and oxygen atoms in total.